The van der Waals surface area contributed by atoms with Gasteiger partial charge in [-0.25, -0.2) is 0 Å². The third kappa shape index (κ3) is 4.28. The van der Waals surface area contributed by atoms with Crippen molar-refractivity contribution in [1.82, 2.24) is 0 Å². The van der Waals surface area contributed by atoms with Gasteiger partial charge >= 0.3 is 0 Å². The Bertz CT molecular complexity index is 1760. The topological polar surface area (TPSA) is 6.48 Å². The van der Waals surface area contributed by atoms with E-state index in [0.29, 0.717) is 0 Å². The number of hydrogen-bond acceptors (Lipinski definition) is 2. The maximum absolute atomic E-state index is 3.44. The van der Waals surface area contributed by atoms with Gasteiger partial charge in [-0.15, -0.1) is 0 Å². The minimum atomic E-state index is 1.01. The summed E-state index contributed by atoms with van der Waals surface area (Å²) in [6.45, 7) is 0. The van der Waals surface area contributed by atoms with Crippen LogP contribution in [0.2, 0.25) is 0 Å². The molecule has 0 aliphatic heterocycles. The summed E-state index contributed by atoms with van der Waals surface area (Å²) >= 11 is 0. The molecule has 0 fully saturated rings. The zero-order chi connectivity index (χ0) is 26.2. The second-order valence-electron chi connectivity index (χ2n) is 10.0. The minimum Gasteiger partial charge on any atom is -0.378 e. The summed E-state index contributed by atoms with van der Waals surface area (Å²) in [6, 6.07) is 34.2. The standard InChI is InChI=1S/C36H28N2/c1-37(2)31-19-7-25(8-20-31)5-11-27-13-15-29-17-18-30-16-14-28(34-24-23-33(27)35(29)36(30)34)12-6-26-9-21-32(22-10-26)38(3)4/h7-10,13-24H,1-4H3. The summed E-state index contributed by atoms with van der Waals surface area (Å²) < 4.78 is 0. The predicted molar refractivity (Wildman–Crippen MR) is 164 cm³/mol. The van der Waals surface area contributed by atoms with Crippen LogP contribution in [-0.4, -0.2) is 28.2 Å². The van der Waals surface area contributed by atoms with Crippen molar-refractivity contribution in [2.24, 2.45) is 0 Å². The Morgan fingerprint density at radius 1 is 0.395 bits per heavy atom. The van der Waals surface area contributed by atoms with Crippen molar-refractivity contribution in [3.05, 3.63) is 119 Å². The maximum atomic E-state index is 3.44. The number of benzene rings is 6. The van der Waals surface area contributed by atoms with Gasteiger partial charge in [0, 0.05) is 61.8 Å². The molecule has 0 N–H and O–H groups in total. The third-order valence-electron chi connectivity index (χ3n) is 7.12. The fourth-order valence-electron chi connectivity index (χ4n) is 4.98. The largest absolute Gasteiger partial charge is 0.378 e. The quantitative estimate of drug-likeness (QED) is 0.184. The Morgan fingerprint density at radius 3 is 1.13 bits per heavy atom. The summed E-state index contributed by atoms with van der Waals surface area (Å²) in [5.41, 5.74) is 6.45. The maximum Gasteiger partial charge on any atom is 0.0361 e. The lowest BCUT2D eigenvalue weighted by molar-refractivity contribution is 1.13. The molecule has 38 heavy (non-hydrogen) atoms. The van der Waals surface area contributed by atoms with Gasteiger partial charge < -0.3 is 9.80 Å². The van der Waals surface area contributed by atoms with E-state index in [-0.39, 0.29) is 0 Å². The number of anilines is 2. The molecule has 182 valence electrons. The normalized spacial score (nSPS) is 10.7. The summed E-state index contributed by atoms with van der Waals surface area (Å²) in [5, 5.41) is 7.33. The third-order valence-corrected chi connectivity index (χ3v) is 7.12. The average molecular weight is 489 g/mol. The van der Waals surface area contributed by atoms with E-state index in [1.54, 1.807) is 0 Å². The Labute approximate surface area is 224 Å². The van der Waals surface area contributed by atoms with E-state index in [1.807, 2.05) is 28.2 Å². The van der Waals surface area contributed by atoms with Crippen molar-refractivity contribution < 1.29 is 0 Å². The molecule has 6 aromatic rings. The molecular weight excluding hydrogens is 460 g/mol. The van der Waals surface area contributed by atoms with Crippen molar-refractivity contribution in [2.45, 2.75) is 0 Å². The van der Waals surface area contributed by atoms with Gasteiger partial charge in [0.05, 0.1) is 0 Å². The van der Waals surface area contributed by atoms with Crippen LogP contribution < -0.4 is 9.80 Å². The first-order chi connectivity index (χ1) is 18.5. The van der Waals surface area contributed by atoms with Crippen LogP contribution in [0.1, 0.15) is 22.3 Å². The molecule has 0 aliphatic rings. The highest BCUT2D eigenvalue weighted by Crippen LogP contribution is 2.37. The molecule has 0 saturated heterocycles. The van der Waals surface area contributed by atoms with E-state index < -0.39 is 0 Å². The molecule has 0 bridgehead atoms. The van der Waals surface area contributed by atoms with E-state index in [0.717, 1.165) is 22.3 Å². The average Bonchev–Trinajstić information content (AvgIpc) is 2.94. The predicted octanol–water partition coefficient (Wildman–Crippen LogP) is 7.52. The molecule has 0 saturated carbocycles. The molecule has 0 atom stereocenters. The van der Waals surface area contributed by atoms with Crippen LogP contribution in [-0.2, 0) is 0 Å². The summed E-state index contributed by atoms with van der Waals surface area (Å²) in [5.74, 6) is 13.6. The van der Waals surface area contributed by atoms with Crippen LogP contribution in [0.15, 0.2) is 97.1 Å². The Kier molecular flexibility index (Phi) is 5.88. The molecule has 0 aromatic heterocycles. The molecule has 6 rings (SSSR count). The fraction of sp³-hybridized carbons (Fsp3) is 0.111. The molecule has 6 aromatic carbocycles. The second-order valence-corrected chi connectivity index (χ2v) is 10.0. The number of rotatable bonds is 2. The highest BCUT2D eigenvalue weighted by molar-refractivity contribution is 6.24. The number of hydrogen-bond donors (Lipinski definition) is 0. The minimum absolute atomic E-state index is 1.01. The molecule has 0 radical (unpaired) electrons. The van der Waals surface area contributed by atoms with E-state index in [1.165, 1.54) is 43.7 Å². The van der Waals surface area contributed by atoms with Gasteiger partial charge in [-0.05, 0) is 93.0 Å². The van der Waals surface area contributed by atoms with Crippen LogP contribution in [0.3, 0.4) is 0 Å². The first-order valence-corrected chi connectivity index (χ1v) is 12.8. The lowest BCUT2D eigenvalue weighted by Gasteiger charge is -2.13. The zero-order valence-electron chi connectivity index (χ0n) is 22.1. The first kappa shape index (κ1) is 23.5. The van der Waals surface area contributed by atoms with Crippen LogP contribution in [0.4, 0.5) is 11.4 Å². The van der Waals surface area contributed by atoms with E-state index in [4.69, 9.17) is 0 Å². The molecule has 0 amide bonds. The van der Waals surface area contributed by atoms with E-state index in [2.05, 4.69) is 131 Å². The van der Waals surface area contributed by atoms with Crippen LogP contribution in [0, 0.1) is 23.7 Å². The van der Waals surface area contributed by atoms with Crippen molar-refractivity contribution in [3.8, 4) is 23.7 Å². The second kappa shape index (κ2) is 9.51. The molecule has 0 unspecified atom stereocenters. The van der Waals surface area contributed by atoms with Gasteiger partial charge in [-0.2, -0.15) is 0 Å². The number of nitrogens with zero attached hydrogens (tertiary/aromatic N) is 2. The Balaban J connectivity index is 1.44. The molecule has 2 heteroatoms. The van der Waals surface area contributed by atoms with Gasteiger partial charge in [0.2, 0.25) is 0 Å². The summed E-state index contributed by atoms with van der Waals surface area (Å²) in [7, 11) is 8.19. The molecule has 0 heterocycles. The van der Waals surface area contributed by atoms with Crippen molar-refractivity contribution >= 4 is 43.7 Å². The molecule has 0 aliphatic carbocycles. The van der Waals surface area contributed by atoms with Gasteiger partial charge in [0.15, 0.2) is 0 Å². The van der Waals surface area contributed by atoms with Gasteiger partial charge in [0.1, 0.15) is 0 Å². The van der Waals surface area contributed by atoms with Gasteiger partial charge in [0.25, 0.3) is 0 Å². The molecular formula is C36H28N2. The monoisotopic (exact) mass is 488 g/mol. The Morgan fingerprint density at radius 2 is 0.763 bits per heavy atom. The molecule has 0 spiro atoms. The van der Waals surface area contributed by atoms with Crippen molar-refractivity contribution in [1.29, 1.82) is 0 Å². The molecule has 2 nitrogen and oxygen atoms in total. The Hall–Kier alpha value is -4.92. The SMILES string of the molecule is CN(C)c1ccc(C#Cc2ccc3ccc4ccc(C#Cc5ccc(N(C)C)cc5)c5ccc2c3c45)cc1. The van der Waals surface area contributed by atoms with E-state index in [9.17, 15) is 0 Å². The fourth-order valence-corrected chi connectivity index (χ4v) is 4.98. The van der Waals surface area contributed by atoms with E-state index >= 15 is 0 Å². The smallest absolute Gasteiger partial charge is 0.0361 e. The van der Waals surface area contributed by atoms with Crippen molar-refractivity contribution in [3.63, 3.8) is 0 Å². The summed E-state index contributed by atoms with van der Waals surface area (Å²) in [6.07, 6.45) is 0. The van der Waals surface area contributed by atoms with Crippen molar-refractivity contribution in [2.75, 3.05) is 38.0 Å². The van der Waals surface area contributed by atoms with Crippen LogP contribution in [0.25, 0.3) is 32.3 Å². The van der Waals surface area contributed by atoms with Gasteiger partial charge in [-0.1, -0.05) is 60.1 Å². The van der Waals surface area contributed by atoms with Crippen LogP contribution >= 0.6 is 0 Å². The lowest BCUT2D eigenvalue weighted by Crippen LogP contribution is -2.07. The van der Waals surface area contributed by atoms with Gasteiger partial charge in [-0.3, -0.25) is 0 Å². The summed E-state index contributed by atoms with van der Waals surface area (Å²) in [4.78, 5) is 4.19. The zero-order valence-corrected chi connectivity index (χ0v) is 22.1. The highest BCUT2D eigenvalue weighted by atomic mass is 15.1. The lowest BCUT2D eigenvalue weighted by atomic mass is 9.90. The van der Waals surface area contributed by atoms with Crippen LogP contribution in [0.5, 0.6) is 0 Å². The highest BCUT2D eigenvalue weighted by Gasteiger charge is 2.12. The first-order valence-electron chi connectivity index (χ1n) is 12.8.